The lowest BCUT2D eigenvalue weighted by molar-refractivity contribution is 0.488. The molecular weight excluding hydrogens is 811 g/mol. The van der Waals surface area contributed by atoms with Gasteiger partial charge in [0.25, 0.3) is 0 Å². The van der Waals surface area contributed by atoms with Crippen LogP contribution in [0.3, 0.4) is 0 Å². The van der Waals surface area contributed by atoms with Gasteiger partial charge >= 0.3 is 0 Å². The third-order valence-electron chi connectivity index (χ3n) is 14.5. The number of benzene rings is 11. The van der Waals surface area contributed by atoms with E-state index >= 15 is 0 Å². The number of hydrogen-bond acceptors (Lipinski definition) is 2. The molecule has 2 heteroatoms. The van der Waals surface area contributed by atoms with Gasteiger partial charge in [0.15, 0.2) is 0 Å². The molecule has 1 atom stereocenters. The van der Waals surface area contributed by atoms with Crippen molar-refractivity contribution in [2.24, 2.45) is 0 Å². The lowest BCUT2D eigenvalue weighted by Crippen LogP contribution is -2.29. The van der Waals surface area contributed by atoms with Crippen molar-refractivity contribution in [3.8, 4) is 78.3 Å². The molecular formula is C65H41NO. The van der Waals surface area contributed by atoms with Crippen LogP contribution in [0.15, 0.2) is 249 Å². The largest absolute Gasteiger partial charge is 0.456 e. The van der Waals surface area contributed by atoms with E-state index in [0.29, 0.717) is 0 Å². The fourth-order valence-electron chi connectivity index (χ4n) is 11.7. The first-order valence-electron chi connectivity index (χ1n) is 23.2. The monoisotopic (exact) mass is 851 g/mol. The van der Waals surface area contributed by atoms with Crippen molar-refractivity contribution in [2.45, 2.75) is 5.41 Å². The number of rotatable bonds is 4. The number of hydrogen-bond donors (Lipinski definition) is 0. The molecule has 0 saturated heterocycles. The van der Waals surface area contributed by atoms with Crippen LogP contribution in [0.4, 0.5) is 17.1 Å². The molecule has 0 N–H and O–H groups in total. The van der Waals surface area contributed by atoms with Crippen LogP contribution in [0.1, 0.15) is 22.3 Å². The zero-order valence-electron chi connectivity index (χ0n) is 36.5. The number of anilines is 3. The minimum Gasteiger partial charge on any atom is -0.456 e. The fraction of sp³-hybridized carbons (Fsp3) is 0.0154. The maximum atomic E-state index is 6.67. The molecule has 0 bridgehead atoms. The summed E-state index contributed by atoms with van der Waals surface area (Å²) >= 11 is 0. The van der Waals surface area contributed by atoms with Gasteiger partial charge in [-0.3, -0.25) is 0 Å². The normalized spacial score (nSPS) is 14.4. The van der Waals surface area contributed by atoms with Crippen molar-refractivity contribution in [2.75, 3.05) is 4.90 Å². The van der Waals surface area contributed by atoms with Gasteiger partial charge in [-0.25, -0.2) is 0 Å². The molecule has 0 aromatic heterocycles. The molecule has 67 heavy (non-hydrogen) atoms. The van der Waals surface area contributed by atoms with E-state index in [9.17, 15) is 0 Å². The zero-order chi connectivity index (χ0) is 44.1. The minimum absolute atomic E-state index is 0.604. The van der Waals surface area contributed by atoms with Crippen LogP contribution in [-0.2, 0) is 5.41 Å². The molecule has 312 valence electrons. The second-order valence-electron chi connectivity index (χ2n) is 17.9. The number of nitrogens with zero attached hydrogens (tertiary/aromatic N) is 1. The molecule has 1 spiro atoms. The summed E-state index contributed by atoms with van der Waals surface area (Å²) in [7, 11) is 0. The molecule has 0 fully saturated rings. The van der Waals surface area contributed by atoms with E-state index < -0.39 is 5.41 Å². The molecule has 0 radical (unpaired) electrons. The van der Waals surface area contributed by atoms with Crippen LogP contribution in [0.2, 0.25) is 0 Å². The topological polar surface area (TPSA) is 12.5 Å². The fourth-order valence-corrected chi connectivity index (χ4v) is 11.7. The summed E-state index contributed by atoms with van der Waals surface area (Å²) in [5.41, 5.74) is 22.0. The third-order valence-corrected chi connectivity index (χ3v) is 14.5. The van der Waals surface area contributed by atoms with Crippen LogP contribution < -0.4 is 9.64 Å². The Kier molecular flexibility index (Phi) is 8.23. The molecule has 3 aliphatic rings. The number of para-hydroxylation sites is 3. The van der Waals surface area contributed by atoms with Gasteiger partial charge in [-0.1, -0.05) is 194 Å². The molecule has 11 aromatic rings. The van der Waals surface area contributed by atoms with E-state index in [0.717, 1.165) is 61.9 Å². The highest BCUT2D eigenvalue weighted by atomic mass is 16.5. The molecule has 11 aromatic carbocycles. The summed E-state index contributed by atoms with van der Waals surface area (Å²) in [5, 5.41) is 2.49. The number of fused-ring (bicyclic) bond motifs is 18. The average Bonchev–Trinajstić information content (AvgIpc) is 3.52. The molecule has 2 nitrogen and oxygen atoms in total. The molecule has 14 rings (SSSR count). The Labute approximate surface area is 390 Å². The molecule has 1 heterocycles. The van der Waals surface area contributed by atoms with E-state index in [1.54, 1.807) is 0 Å². The van der Waals surface area contributed by atoms with Crippen molar-refractivity contribution in [1.82, 2.24) is 0 Å². The maximum Gasteiger partial charge on any atom is 0.135 e. The summed E-state index contributed by atoms with van der Waals surface area (Å²) < 4.78 is 6.67. The van der Waals surface area contributed by atoms with Gasteiger partial charge in [0.2, 0.25) is 0 Å². The number of ether oxygens (including phenoxy) is 1. The second kappa shape index (κ2) is 14.7. The second-order valence-corrected chi connectivity index (χ2v) is 17.9. The van der Waals surface area contributed by atoms with Crippen LogP contribution in [-0.4, -0.2) is 0 Å². The van der Waals surface area contributed by atoms with E-state index in [-0.39, 0.29) is 0 Å². The van der Waals surface area contributed by atoms with E-state index in [1.807, 2.05) is 6.07 Å². The lowest BCUT2D eigenvalue weighted by atomic mass is 9.65. The Morgan fingerprint density at radius 2 is 0.716 bits per heavy atom. The van der Waals surface area contributed by atoms with Crippen molar-refractivity contribution < 1.29 is 4.74 Å². The molecule has 1 unspecified atom stereocenters. The predicted octanol–water partition coefficient (Wildman–Crippen LogP) is 17.4. The van der Waals surface area contributed by atoms with Crippen molar-refractivity contribution in [3.63, 3.8) is 0 Å². The van der Waals surface area contributed by atoms with Gasteiger partial charge in [-0.2, -0.15) is 0 Å². The van der Waals surface area contributed by atoms with Gasteiger partial charge < -0.3 is 9.64 Å². The minimum atomic E-state index is -0.604. The van der Waals surface area contributed by atoms with Gasteiger partial charge in [0, 0.05) is 28.1 Å². The first kappa shape index (κ1) is 37.6. The highest BCUT2D eigenvalue weighted by Gasteiger charge is 2.50. The van der Waals surface area contributed by atoms with Crippen LogP contribution in [0.5, 0.6) is 11.5 Å². The van der Waals surface area contributed by atoms with E-state index in [2.05, 4.69) is 248 Å². The van der Waals surface area contributed by atoms with E-state index in [1.165, 1.54) is 66.4 Å². The Bertz CT molecular complexity index is 3810. The Hall–Kier alpha value is -8.72. The molecule has 0 saturated carbocycles. The van der Waals surface area contributed by atoms with Crippen molar-refractivity contribution in [1.29, 1.82) is 0 Å². The highest BCUT2D eigenvalue weighted by molar-refractivity contribution is 6.02. The van der Waals surface area contributed by atoms with Crippen LogP contribution in [0, 0.1) is 0 Å². The molecule has 1 aliphatic heterocycles. The summed E-state index contributed by atoms with van der Waals surface area (Å²) in [4.78, 5) is 2.47. The van der Waals surface area contributed by atoms with E-state index in [4.69, 9.17) is 4.74 Å². The first-order chi connectivity index (χ1) is 33.2. The Balaban J connectivity index is 1.08. The Morgan fingerprint density at radius 1 is 0.269 bits per heavy atom. The highest BCUT2D eigenvalue weighted by Crippen LogP contribution is 2.62. The smallest absolute Gasteiger partial charge is 0.135 e. The predicted molar refractivity (Wildman–Crippen MR) is 277 cm³/mol. The van der Waals surface area contributed by atoms with Crippen molar-refractivity contribution >= 4 is 27.8 Å². The molecule has 0 amide bonds. The zero-order valence-corrected chi connectivity index (χ0v) is 36.5. The summed E-state index contributed by atoms with van der Waals surface area (Å²) in [6, 6.07) is 91.7. The van der Waals surface area contributed by atoms with Gasteiger partial charge in [0.05, 0.1) is 11.1 Å². The standard InChI is InChI=1S/C65H41NO/c1-2-18-42(19-3-1)47-22-10-15-31-62(47)66(45-34-36-50-53-27-11-16-32-63(53)67-64-33-17-12-28-54(64)55(50)40-45)46-35-37-60-57(41-46)49-24-7-6-23-48(49)51-25-8-13-29-58(51)65(60)59-30-14-9-26-52(59)56-38-43-20-4-5-21-44(43)39-61(56)65/h1-41H. The van der Waals surface area contributed by atoms with Crippen LogP contribution >= 0.6 is 0 Å². The first-order valence-corrected chi connectivity index (χ1v) is 23.2. The lowest BCUT2D eigenvalue weighted by Gasteiger charge is -2.36. The van der Waals surface area contributed by atoms with Crippen molar-refractivity contribution in [3.05, 3.63) is 271 Å². The SMILES string of the molecule is c1ccc(-c2ccccc2N(c2ccc3c(c2)-c2ccccc2Oc2ccccc2-3)c2ccc3c(c2)-c2ccccc2-c2ccccc2C32c3ccccc3-c3cc4ccccc4cc32)cc1. The van der Waals surface area contributed by atoms with Crippen LogP contribution in [0.25, 0.3) is 77.5 Å². The van der Waals surface area contributed by atoms with Gasteiger partial charge in [-0.15, -0.1) is 0 Å². The van der Waals surface area contributed by atoms with Gasteiger partial charge in [0.1, 0.15) is 11.5 Å². The Morgan fingerprint density at radius 3 is 1.42 bits per heavy atom. The molecule has 2 aliphatic carbocycles. The summed E-state index contributed by atoms with van der Waals surface area (Å²) in [6.07, 6.45) is 0. The summed E-state index contributed by atoms with van der Waals surface area (Å²) in [5.74, 6) is 1.70. The summed E-state index contributed by atoms with van der Waals surface area (Å²) in [6.45, 7) is 0. The average molecular weight is 852 g/mol. The van der Waals surface area contributed by atoms with Gasteiger partial charge in [-0.05, 0) is 138 Å². The maximum absolute atomic E-state index is 6.67. The quantitative estimate of drug-likeness (QED) is 0.175. The third kappa shape index (κ3) is 5.51.